The van der Waals surface area contributed by atoms with Crippen molar-refractivity contribution < 1.29 is 4.79 Å². The fourth-order valence-electron chi connectivity index (χ4n) is 2.89. The molecule has 1 aliphatic heterocycles. The lowest BCUT2D eigenvalue weighted by Gasteiger charge is -2.19. The maximum absolute atomic E-state index is 11.0. The Morgan fingerprint density at radius 1 is 1.23 bits per heavy atom. The highest BCUT2D eigenvalue weighted by Crippen LogP contribution is 2.30. The monoisotopic (exact) mass is 368 g/mol. The number of carbonyl (C=O) groups excluding carboxylic acids is 1. The van der Waals surface area contributed by atoms with Crippen molar-refractivity contribution >= 4 is 23.6 Å². The average molecular weight is 369 g/mol. The predicted molar refractivity (Wildman–Crippen MR) is 109 cm³/mol. The van der Waals surface area contributed by atoms with Crippen molar-refractivity contribution in [1.29, 1.82) is 0 Å². The number of nitrogens with zero attached hydrogens (tertiary/aromatic N) is 2. The van der Waals surface area contributed by atoms with Crippen LogP contribution >= 0.6 is 11.6 Å². The molecule has 4 heteroatoms. The van der Waals surface area contributed by atoms with Crippen LogP contribution in [0, 0.1) is 18.8 Å². The van der Waals surface area contributed by atoms with Gasteiger partial charge in [0.25, 0.3) is 0 Å². The summed E-state index contributed by atoms with van der Waals surface area (Å²) in [4.78, 5) is 20.1. The van der Waals surface area contributed by atoms with Crippen LogP contribution in [0.5, 0.6) is 0 Å². The van der Waals surface area contributed by atoms with Crippen molar-refractivity contribution in [2.45, 2.75) is 33.6 Å². The largest absolute Gasteiger partial charge is 0.302 e. The SMILES string of the molecule is CC.Cc1ccc(C2=NC=C(Cl)CCC2C2=CC=CC(C=O)C=C2)cn1. The van der Waals surface area contributed by atoms with E-state index in [9.17, 15) is 4.79 Å². The van der Waals surface area contributed by atoms with Gasteiger partial charge >= 0.3 is 0 Å². The normalized spacial score (nSPS) is 22.1. The standard InChI is InChI=1S/C20H19ClN2O.C2H6/c1-14-5-7-17(11-22-14)20-19(10-9-18(21)12-23-20)16-4-2-3-15(13-24)6-8-16;1-2/h2-8,11-13,15,19H,9-10H2,1H3;1-2H3. The molecule has 2 unspecified atom stereocenters. The van der Waals surface area contributed by atoms with Gasteiger partial charge in [-0.25, -0.2) is 0 Å². The number of aromatic nitrogens is 1. The van der Waals surface area contributed by atoms with Gasteiger partial charge in [0, 0.05) is 34.6 Å². The molecule has 0 aromatic carbocycles. The molecule has 1 aliphatic carbocycles. The molecule has 0 saturated heterocycles. The van der Waals surface area contributed by atoms with E-state index in [0.29, 0.717) is 0 Å². The Morgan fingerprint density at radius 2 is 2.04 bits per heavy atom. The Hall–Kier alpha value is -2.26. The van der Waals surface area contributed by atoms with Crippen molar-refractivity contribution in [2.75, 3.05) is 0 Å². The lowest BCUT2D eigenvalue weighted by atomic mass is 9.86. The number of aliphatic imine (C=N–C) groups is 1. The second-order valence-electron chi connectivity index (χ2n) is 5.99. The molecule has 0 fully saturated rings. The Bertz CT molecular complexity index is 770. The second-order valence-corrected chi connectivity index (χ2v) is 6.48. The summed E-state index contributed by atoms with van der Waals surface area (Å²) in [5, 5.41) is 0.759. The fourth-order valence-corrected chi connectivity index (χ4v) is 3.05. The van der Waals surface area contributed by atoms with Crippen LogP contribution in [-0.4, -0.2) is 17.0 Å². The van der Waals surface area contributed by atoms with Gasteiger partial charge in [-0.3, -0.25) is 9.98 Å². The van der Waals surface area contributed by atoms with Crippen LogP contribution in [-0.2, 0) is 4.79 Å². The first-order valence-electron chi connectivity index (χ1n) is 9.04. The first kappa shape index (κ1) is 20.1. The van der Waals surface area contributed by atoms with E-state index in [4.69, 9.17) is 11.6 Å². The Kier molecular flexibility index (Phi) is 7.73. The summed E-state index contributed by atoms with van der Waals surface area (Å²) in [5.41, 5.74) is 4.08. The molecular formula is C22H25ClN2O. The van der Waals surface area contributed by atoms with Gasteiger partial charge in [0.05, 0.1) is 11.6 Å². The number of pyridine rings is 1. The summed E-state index contributed by atoms with van der Waals surface area (Å²) < 4.78 is 0. The summed E-state index contributed by atoms with van der Waals surface area (Å²) >= 11 is 6.22. The molecule has 1 aromatic rings. The van der Waals surface area contributed by atoms with Gasteiger partial charge in [-0.1, -0.05) is 55.8 Å². The van der Waals surface area contributed by atoms with E-state index < -0.39 is 0 Å². The van der Waals surface area contributed by atoms with E-state index in [0.717, 1.165) is 46.7 Å². The smallest absolute Gasteiger partial charge is 0.130 e. The van der Waals surface area contributed by atoms with Crippen LogP contribution in [0.2, 0.25) is 0 Å². The van der Waals surface area contributed by atoms with Gasteiger partial charge < -0.3 is 4.79 Å². The maximum atomic E-state index is 11.0. The molecule has 0 amide bonds. The summed E-state index contributed by atoms with van der Waals surface area (Å²) in [7, 11) is 0. The number of halogens is 1. The van der Waals surface area contributed by atoms with Crippen molar-refractivity contribution in [3.8, 4) is 0 Å². The second kappa shape index (κ2) is 10.0. The molecule has 3 nitrogen and oxygen atoms in total. The number of aryl methyl sites for hydroxylation is 1. The zero-order valence-electron chi connectivity index (χ0n) is 15.5. The molecule has 2 atom stereocenters. The van der Waals surface area contributed by atoms with E-state index in [1.807, 2.05) is 63.4 Å². The summed E-state index contributed by atoms with van der Waals surface area (Å²) in [6, 6.07) is 4.04. The van der Waals surface area contributed by atoms with Crippen LogP contribution < -0.4 is 0 Å². The van der Waals surface area contributed by atoms with Gasteiger partial charge in [0.2, 0.25) is 0 Å². The van der Waals surface area contributed by atoms with Crippen molar-refractivity contribution in [3.63, 3.8) is 0 Å². The molecule has 0 saturated carbocycles. The number of hydrogen-bond donors (Lipinski definition) is 0. The van der Waals surface area contributed by atoms with Crippen LogP contribution in [0.1, 0.15) is 37.9 Å². The van der Waals surface area contributed by atoms with Gasteiger partial charge in [-0.2, -0.15) is 0 Å². The average Bonchev–Trinajstić information content (AvgIpc) is 3.02. The number of aldehydes is 1. The third-order valence-corrected chi connectivity index (χ3v) is 4.53. The minimum Gasteiger partial charge on any atom is -0.302 e. The van der Waals surface area contributed by atoms with Crippen LogP contribution in [0.15, 0.2) is 70.5 Å². The van der Waals surface area contributed by atoms with Crippen molar-refractivity contribution in [3.05, 3.63) is 76.8 Å². The van der Waals surface area contributed by atoms with Crippen LogP contribution in [0.25, 0.3) is 0 Å². The van der Waals surface area contributed by atoms with Crippen LogP contribution in [0.3, 0.4) is 0 Å². The highest BCUT2D eigenvalue weighted by atomic mass is 35.5. The molecule has 3 rings (SSSR count). The molecular weight excluding hydrogens is 344 g/mol. The maximum Gasteiger partial charge on any atom is 0.130 e. The highest BCUT2D eigenvalue weighted by molar-refractivity contribution is 6.29. The first-order chi connectivity index (χ1) is 12.7. The lowest BCUT2D eigenvalue weighted by molar-refractivity contribution is -0.108. The third-order valence-electron chi connectivity index (χ3n) is 4.25. The van der Waals surface area contributed by atoms with Crippen molar-refractivity contribution in [2.24, 2.45) is 16.8 Å². The zero-order chi connectivity index (χ0) is 18.9. The zero-order valence-corrected chi connectivity index (χ0v) is 16.3. The molecule has 0 bridgehead atoms. The minimum atomic E-state index is -0.173. The Labute approximate surface area is 160 Å². The Morgan fingerprint density at radius 3 is 2.73 bits per heavy atom. The Balaban J connectivity index is 0.00000117. The van der Waals surface area contributed by atoms with Crippen molar-refractivity contribution in [1.82, 2.24) is 4.98 Å². The summed E-state index contributed by atoms with van der Waals surface area (Å²) in [6.07, 6.45) is 16.0. The molecule has 0 radical (unpaired) electrons. The van der Waals surface area contributed by atoms with E-state index in [2.05, 4.69) is 16.1 Å². The molecule has 0 N–H and O–H groups in total. The molecule has 26 heavy (non-hydrogen) atoms. The molecule has 0 spiro atoms. The van der Waals surface area contributed by atoms with E-state index in [1.54, 1.807) is 6.20 Å². The summed E-state index contributed by atoms with van der Waals surface area (Å²) in [6.45, 7) is 5.97. The number of carbonyl (C=O) groups is 1. The highest BCUT2D eigenvalue weighted by Gasteiger charge is 2.23. The number of rotatable bonds is 3. The van der Waals surface area contributed by atoms with E-state index in [1.165, 1.54) is 0 Å². The first-order valence-corrected chi connectivity index (χ1v) is 9.42. The van der Waals surface area contributed by atoms with E-state index in [-0.39, 0.29) is 11.8 Å². The van der Waals surface area contributed by atoms with Gasteiger partial charge in [0.15, 0.2) is 0 Å². The topological polar surface area (TPSA) is 42.3 Å². The molecule has 2 heterocycles. The van der Waals surface area contributed by atoms with Crippen LogP contribution in [0.4, 0.5) is 0 Å². The minimum absolute atomic E-state index is 0.119. The van der Waals surface area contributed by atoms with Gasteiger partial charge in [-0.05, 0) is 37.5 Å². The molecule has 2 aliphatic rings. The predicted octanol–water partition coefficient (Wildman–Crippen LogP) is 5.56. The summed E-state index contributed by atoms with van der Waals surface area (Å²) in [5.74, 6) is -0.0546. The molecule has 1 aromatic heterocycles. The lowest BCUT2D eigenvalue weighted by Crippen LogP contribution is -2.17. The fraction of sp³-hybridized carbons (Fsp3) is 0.318. The van der Waals surface area contributed by atoms with Gasteiger partial charge in [0.1, 0.15) is 6.29 Å². The number of allylic oxidation sites excluding steroid dienone is 7. The van der Waals surface area contributed by atoms with Gasteiger partial charge in [-0.15, -0.1) is 0 Å². The third kappa shape index (κ3) is 5.12. The molecule has 136 valence electrons. The quantitative estimate of drug-likeness (QED) is 0.655. The number of hydrogen-bond acceptors (Lipinski definition) is 3. The van der Waals surface area contributed by atoms with E-state index >= 15 is 0 Å².